The molecular weight excluding hydrogens is 420 g/mol. The Morgan fingerprint density at radius 1 is 1.00 bits per heavy atom. The molecular formula is C18H19BrN2O6. The molecule has 0 bridgehead atoms. The Balaban J connectivity index is 2.21. The van der Waals surface area contributed by atoms with Crippen molar-refractivity contribution < 1.29 is 28.8 Å². The molecule has 0 atom stereocenters. The maximum absolute atomic E-state index is 12.4. The van der Waals surface area contributed by atoms with E-state index in [1.54, 1.807) is 12.1 Å². The van der Waals surface area contributed by atoms with Crippen LogP contribution >= 0.6 is 15.9 Å². The van der Waals surface area contributed by atoms with E-state index in [0.717, 1.165) is 0 Å². The minimum atomic E-state index is -0.463. The second kappa shape index (κ2) is 9.13. The van der Waals surface area contributed by atoms with E-state index in [1.165, 1.54) is 46.8 Å². The number of methoxy groups -OCH3 is 4. The molecule has 27 heavy (non-hydrogen) atoms. The highest BCUT2D eigenvalue weighted by atomic mass is 79.9. The fourth-order valence-electron chi connectivity index (χ4n) is 2.27. The van der Waals surface area contributed by atoms with Gasteiger partial charge in [-0.2, -0.15) is 5.10 Å². The first-order valence-corrected chi connectivity index (χ1v) is 8.44. The van der Waals surface area contributed by atoms with Gasteiger partial charge in [0.1, 0.15) is 0 Å². The van der Waals surface area contributed by atoms with Crippen LogP contribution in [0.4, 0.5) is 0 Å². The van der Waals surface area contributed by atoms with Gasteiger partial charge in [0.2, 0.25) is 5.75 Å². The third kappa shape index (κ3) is 4.62. The Morgan fingerprint density at radius 2 is 1.59 bits per heavy atom. The highest BCUT2D eigenvalue weighted by Crippen LogP contribution is 2.38. The molecule has 2 rings (SSSR count). The lowest BCUT2D eigenvalue weighted by molar-refractivity contribution is 0.0954. The van der Waals surface area contributed by atoms with E-state index in [1.807, 2.05) is 0 Å². The summed E-state index contributed by atoms with van der Waals surface area (Å²) < 4.78 is 21.2. The van der Waals surface area contributed by atoms with Gasteiger partial charge in [0.25, 0.3) is 5.91 Å². The molecule has 0 unspecified atom stereocenters. The number of hydrogen-bond donors (Lipinski definition) is 2. The van der Waals surface area contributed by atoms with Crippen molar-refractivity contribution in [1.82, 2.24) is 5.43 Å². The van der Waals surface area contributed by atoms with E-state index >= 15 is 0 Å². The molecule has 8 nitrogen and oxygen atoms in total. The number of hydrogen-bond acceptors (Lipinski definition) is 7. The molecule has 2 aromatic carbocycles. The lowest BCUT2D eigenvalue weighted by Crippen LogP contribution is -2.18. The first kappa shape index (κ1) is 20.4. The summed E-state index contributed by atoms with van der Waals surface area (Å²) in [6, 6.07) is 6.25. The molecule has 0 aliphatic heterocycles. The maximum atomic E-state index is 12.4. The van der Waals surface area contributed by atoms with E-state index in [9.17, 15) is 9.90 Å². The monoisotopic (exact) mass is 438 g/mol. The number of halogens is 1. The Kier molecular flexibility index (Phi) is 6.89. The number of carbonyl (C=O) groups excluding carboxylic acids is 1. The Morgan fingerprint density at radius 3 is 2.11 bits per heavy atom. The molecule has 9 heteroatoms. The van der Waals surface area contributed by atoms with E-state index in [4.69, 9.17) is 18.9 Å². The van der Waals surface area contributed by atoms with Crippen LogP contribution in [0, 0.1) is 0 Å². The lowest BCUT2D eigenvalue weighted by Gasteiger charge is -2.13. The van der Waals surface area contributed by atoms with Gasteiger partial charge in [-0.15, -0.1) is 0 Å². The first-order chi connectivity index (χ1) is 12.9. The largest absolute Gasteiger partial charge is 0.503 e. The molecule has 0 saturated heterocycles. The van der Waals surface area contributed by atoms with Crippen molar-refractivity contribution in [2.24, 2.45) is 5.10 Å². The number of aromatic hydroxyl groups is 1. The van der Waals surface area contributed by atoms with Crippen LogP contribution in [0.2, 0.25) is 0 Å². The summed E-state index contributed by atoms with van der Waals surface area (Å²) in [5, 5.41) is 13.7. The highest BCUT2D eigenvalue weighted by molar-refractivity contribution is 9.10. The van der Waals surface area contributed by atoms with Gasteiger partial charge >= 0.3 is 0 Å². The summed E-state index contributed by atoms with van der Waals surface area (Å²) >= 11 is 3.22. The standard InChI is InChI=1S/C18H19BrN2O6/c1-24-13-6-10(5-12(19)16(13)22)9-20-21-18(23)11-7-14(25-2)17(27-4)15(8-11)26-3/h5-9,22H,1-4H3,(H,21,23). The average Bonchev–Trinajstić information content (AvgIpc) is 2.68. The second-order valence-corrected chi connectivity index (χ2v) is 6.02. The summed E-state index contributed by atoms with van der Waals surface area (Å²) in [6.45, 7) is 0. The zero-order valence-electron chi connectivity index (χ0n) is 15.2. The van der Waals surface area contributed by atoms with Gasteiger partial charge in [0, 0.05) is 5.56 Å². The number of nitrogens with one attached hydrogen (secondary N) is 1. The minimum absolute atomic E-state index is 0.0175. The van der Waals surface area contributed by atoms with Gasteiger partial charge < -0.3 is 24.1 Å². The van der Waals surface area contributed by atoms with E-state index in [2.05, 4.69) is 26.5 Å². The molecule has 2 aromatic rings. The van der Waals surface area contributed by atoms with Crippen molar-refractivity contribution in [3.63, 3.8) is 0 Å². The quantitative estimate of drug-likeness (QED) is 0.509. The minimum Gasteiger partial charge on any atom is -0.503 e. The fraction of sp³-hybridized carbons (Fsp3) is 0.222. The number of rotatable bonds is 7. The number of phenols is 1. The van der Waals surface area contributed by atoms with E-state index in [-0.39, 0.29) is 17.1 Å². The third-order valence-electron chi connectivity index (χ3n) is 3.58. The lowest BCUT2D eigenvalue weighted by atomic mass is 10.1. The summed E-state index contributed by atoms with van der Waals surface area (Å²) in [4.78, 5) is 12.4. The van der Waals surface area contributed by atoms with E-state index < -0.39 is 5.91 Å². The number of carbonyl (C=O) groups is 1. The molecule has 0 spiro atoms. The van der Waals surface area contributed by atoms with Crippen LogP contribution in [-0.4, -0.2) is 45.7 Å². The normalized spacial score (nSPS) is 10.6. The zero-order chi connectivity index (χ0) is 20.0. The van der Waals surface area contributed by atoms with Crippen LogP contribution in [-0.2, 0) is 0 Å². The van der Waals surface area contributed by atoms with Gasteiger partial charge in [-0.3, -0.25) is 4.79 Å². The summed E-state index contributed by atoms with van der Waals surface area (Å²) in [5.41, 5.74) is 3.32. The van der Waals surface area contributed by atoms with Crippen LogP contribution < -0.4 is 24.4 Å². The van der Waals surface area contributed by atoms with Gasteiger partial charge in [-0.25, -0.2) is 5.43 Å². The first-order valence-electron chi connectivity index (χ1n) is 7.65. The molecule has 0 heterocycles. The summed E-state index contributed by atoms with van der Waals surface area (Å²) in [5.74, 6) is 0.908. The van der Waals surface area contributed by atoms with Crippen LogP contribution in [0.5, 0.6) is 28.7 Å². The van der Waals surface area contributed by atoms with Crippen molar-refractivity contribution in [1.29, 1.82) is 0 Å². The summed E-state index contributed by atoms with van der Waals surface area (Å²) in [7, 11) is 5.85. The van der Waals surface area contributed by atoms with Gasteiger partial charge in [0.05, 0.1) is 39.1 Å². The fourth-order valence-corrected chi connectivity index (χ4v) is 2.73. The van der Waals surface area contributed by atoms with Gasteiger partial charge in [-0.1, -0.05) is 0 Å². The molecule has 0 aromatic heterocycles. The molecule has 0 aliphatic rings. The predicted molar refractivity (Wildman–Crippen MR) is 104 cm³/mol. The van der Waals surface area contributed by atoms with Crippen LogP contribution in [0.3, 0.4) is 0 Å². The average molecular weight is 439 g/mol. The molecule has 1 amide bonds. The van der Waals surface area contributed by atoms with Crippen LogP contribution in [0.15, 0.2) is 33.8 Å². The van der Waals surface area contributed by atoms with Crippen molar-refractivity contribution in [3.8, 4) is 28.7 Å². The Bertz CT molecular complexity index is 844. The number of nitrogens with zero attached hydrogens (tertiary/aromatic N) is 1. The van der Waals surface area contributed by atoms with E-state index in [0.29, 0.717) is 27.3 Å². The molecule has 2 N–H and O–H groups in total. The molecule has 0 fully saturated rings. The maximum Gasteiger partial charge on any atom is 0.271 e. The third-order valence-corrected chi connectivity index (χ3v) is 4.18. The van der Waals surface area contributed by atoms with Crippen molar-refractivity contribution in [2.75, 3.05) is 28.4 Å². The van der Waals surface area contributed by atoms with Crippen LogP contribution in [0.1, 0.15) is 15.9 Å². The SMILES string of the molecule is COc1cc(C=NNC(=O)c2cc(OC)c(OC)c(OC)c2)cc(Br)c1O. The topological polar surface area (TPSA) is 98.6 Å². The molecule has 0 saturated carbocycles. The van der Waals surface area contributed by atoms with Crippen LogP contribution in [0.25, 0.3) is 0 Å². The van der Waals surface area contributed by atoms with Crippen molar-refractivity contribution in [2.45, 2.75) is 0 Å². The molecule has 0 aliphatic carbocycles. The van der Waals surface area contributed by atoms with Crippen molar-refractivity contribution >= 4 is 28.1 Å². The zero-order valence-corrected chi connectivity index (χ0v) is 16.8. The predicted octanol–water partition coefficient (Wildman–Crippen LogP) is 2.95. The van der Waals surface area contributed by atoms with Gasteiger partial charge in [-0.05, 0) is 45.8 Å². The number of benzene rings is 2. The Labute approximate surface area is 164 Å². The second-order valence-electron chi connectivity index (χ2n) is 5.17. The summed E-state index contributed by atoms with van der Waals surface area (Å²) in [6.07, 6.45) is 1.42. The van der Waals surface area contributed by atoms with Crippen molar-refractivity contribution in [3.05, 3.63) is 39.9 Å². The highest BCUT2D eigenvalue weighted by Gasteiger charge is 2.16. The number of phenolic OH excluding ortho intramolecular Hbond substituents is 1. The number of ether oxygens (including phenoxy) is 4. The molecule has 0 radical (unpaired) electrons. The number of amides is 1. The molecule has 144 valence electrons. The number of hydrazone groups is 1. The van der Waals surface area contributed by atoms with Gasteiger partial charge in [0.15, 0.2) is 23.0 Å². The smallest absolute Gasteiger partial charge is 0.271 e. The Hall–Kier alpha value is -2.94.